The molecule has 0 radical (unpaired) electrons. The summed E-state index contributed by atoms with van der Waals surface area (Å²) in [5.41, 5.74) is 7.58. The van der Waals surface area contributed by atoms with Crippen LogP contribution in [0.25, 0.3) is 10.9 Å². The minimum atomic E-state index is 0.489. The first kappa shape index (κ1) is 11.6. The summed E-state index contributed by atoms with van der Waals surface area (Å²) < 4.78 is 0. The molecule has 4 heteroatoms. The molecule has 1 heterocycles. The average Bonchev–Trinajstić information content (AvgIpc) is 2.22. The molecule has 0 unspecified atom stereocenters. The van der Waals surface area contributed by atoms with Gasteiger partial charge in [0.25, 0.3) is 0 Å². The van der Waals surface area contributed by atoms with Gasteiger partial charge in [0.15, 0.2) is 0 Å². The molecular weight excluding hydrogens is 240 g/mol. The number of hydrogen-bond acceptors (Lipinski definition) is 3. The Bertz CT molecular complexity index is 526. The Morgan fingerprint density at radius 3 is 2.81 bits per heavy atom. The summed E-state index contributed by atoms with van der Waals surface area (Å²) in [7, 11) is 0. The molecule has 2 rings (SSSR count). The fourth-order valence-corrected chi connectivity index (χ4v) is 2.65. The zero-order chi connectivity index (χ0) is 11.7. The van der Waals surface area contributed by atoms with Crippen molar-refractivity contribution in [1.82, 2.24) is 4.98 Å². The van der Waals surface area contributed by atoms with Crippen LogP contribution in [0, 0.1) is 0 Å². The molecule has 1 aromatic carbocycles. The van der Waals surface area contributed by atoms with Crippen molar-refractivity contribution >= 4 is 40.0 Å². The Balaban J connectivity index is 2.64. The van der Waals surface area contributed by atoms with Crippen molar-refractivity contribution in [3.63, 3.8) is 0 Å². The lowest BCUT2D eigenvalue weighted by molar-refractivity contribution is 1.11. The van der Waals surface area contributed by atoms with Crippen LogP contribution in [0.3, 0.4) is 0 Å². The minimum absolute atomic E-state index is 0.489. The van der Waals surface area contributed by atoms with E-state index in [-0.39, 0.29) is 0 Å². The van der Waals surface area contributed by atoms with E-state index in [9.17, 15) is 0 Å². The van der Waals surface area contributed by atoms with Crippen molar-refractivity contribution in [2.75, 3.05) is 5.73 Å². The fraction of sp³-hybridized carbons (Fsp3) is 0.250. The molecule has 84 valence electrons. The standard InChI is InChI=1S/C12H13ClN2S/c1-7(2)16-12-9-4-3-8(13)5-11(9)15-6-10(12)14/h3-7H,14H2,1-2H3. The summed E-state index contributed by atoms with van der Waals surface area (Å²) in [4.78, 5) is 5.38. The molecule has 0 fully saturated rings. The maximum absolute atomic E-state index is 5.96. The maximum atomic E-state index is 5.96. The number of fused-ring (bicyclic) bond motifs is 1. The van der Waals surface area contributed by atoms with Crippen LogP contribution < -0.4 is 5.73 Å². The van der Waals surface area contributed by atoms with E-state index in [1.165, 1.54) is 0 Å². The van der Waals surface area contributed by atoms with Crippen LogP contribution in [-0.2, 0) is 0 Å². The lowest BCUT2D eigenvalue weighted by Gasteiger charge is -2.11. The van der Waals surface area contributed by atoms with E-state index in [0.29, 0.717) is 10.3 Å². The van der Waals surface area contributed by atoms with Gasteiger partial charge in [-0.2, -0.15) is 0 Å². The van der Waals surface area contributed by atoms with Crippen molar-refractivity contribution in [2.24, 2.45) is 0 Å². The first-order valence-corrected chi connectivity index (χ1v) is 6.34. The molecule has 0 aliphatic rings. The number of aromatic nitrogens is 1. The van der Waals surface area contributed by atoms with Crippen LogP contribution >= 0.6 is 23.4 Å². The molecule has 0 saturated carbocycles. The van der Waals surface area contributed by atoms with Crippen LogP contribution in [0.1, 0.15) is 13.8 Å². The van der Waals surface area contributed by atoms with Crippen molar-refractivity contribution in [2.45, 2.75) is 24.0 Å². The van der Waals surface area contributed by atoms with Gasteiger partial charge >= 0.3 is 0 Å². The van der Waals surface area contributed by atoms with Gasteiger partial charge in [-0.15, -0.1) is 11.8 Å². The first-order chi connectivity index (χ1) is 7.58. The molecule has 0 amide bonds. The highest BCUT2D eigenvalue weighted by Gasteiger charge is 2.09. The Hall–Kier alpha value is -0.930. The number of hydrogen-bond donors (Lipinski definition) is 1. The predicted molar refractivity (Wildman–Crippen MR) is 72.2 cm³/mol. The highest BCUT2D eigenvalue weighted by molar-refractivity contribution is 8.00. The summed E-state index contributed by atoms with van der Waals surface area (Å²) in [6.45, 7) is 4.29. The molecule has 0 spiro atoms. The first-order valence-electron chi connectivity index (χ1n) is 5.08. The number of anilines is 1. The van der Waals surface area contributed by atoms with Gasteiger partial charge in [0.2, 0.25) is 0 Å². The Kier molecular flexibility index (Phi) is 3.26. The summed E-state index contributed by atoms with van der Waals surface area (Å²) in [5.74, 6) is 0. The monoisotopic (exact) mass is 252 g/mol. The number of nitrogens with two attached hydrogens (primary N) is 1. The highest BCUT2D eigenvalue weighted by atomic mass is 35.5. The molecule has 16 heavy (non-hydrogen) atoms. The molecule has 0 atom stereocenters. The van der Waals surface area contributed by atoms with E-state index >= 15 is 0 Å². The summed E-state index contributed by atoms with van der Waals surface area (Å²) in [6.07, 6.45) is 1.70. The lowest BCUT2D eigenvalue weighted by Crippen LogP contribution is -1.95. The van der Waals surface area contributed by atoms with Gasteiger partial charge in [0.1, 0.15) is 0 Å². The van der Waals surface area contributed by atoms with Gasteiger partial charge in [0.05, 0.1) is 17.4 Å². The van der Waals surface area contributed by atoms with Crippen LogP contribution in [0.15, 0.2) is 29.3 Å². The molecule has 0 aliphatic carbocycles. The number of pyridine rings is 1. The van der Waals surface area contributed by atoms with E-state index in [1.54, 1.807) is 18.0 Å². The topological polar surface area (TPSA) is 38.9 Å². The summed E-state index contributed by atoms with van der Waals surface area (Å²) >= 11 is 7.69. The molecule has 2 aromatic rings. The van der Waals surface area contributed by atoms with Crippen LogP contribution in [0.2, 0.25) is 5.02 Å². The Morgan fingerprint density at radius 1 is 1.38 bits per heavy atom. The minimum Gasteiger partial charge on any atom is -0.397 e. The molecular formula is C12H13ClN2S. The van der Waals surface area contributed by atoms with Gasteiger partial charge in [-0.05, 0) is 12.1 Å². The average molecular weight is 253 g/mol. The molecule has 0 aliphatic heterocycles. The van der Waals surface area contributed by atoms with Crippen LogP contribution in [-0.4, -0.2) is 10.2 Å². The maximum Gasteiger partial charge on any atom is 0.0729 e. The Labute approximate surface area is 104 Å². The molecule has 1 aromatic heterocycles. The van der Waals surface area contributed by atoms with Crippen LogP contribution in [0.5, 0.6) is 0 Å². The highest BCUT2D eigenvalue weighted by Crippen LogP contribution is 2.35. The second-order valence-corrected chi connectivity index (χ2v) is 5.89. The number of benzene rings is 1. The van der Waals surface area contributed by atoms with Gasteiger partial charge in [-0.1, -0.05) is 31.5 Å². The number of halogens is 1. The van der Waals surface area contributed by atoms with Gasteiger partial charge < -0.3 is 5.73 Å². The third-order valence-electron chi connectivity index (χ3n) is 2.16. The number of rotatable bonds is 2. The van der Waals surface area contributed by atoms with E-state index < -0.39 is 0 Å². The Morgan fingerprint density at radius 2 is 2.12 bits per heavy atom. The van der Waals surface area contributed by atoms with Gasteiger partial charge in [-0.25, -0.2) is 0 Å². The second-order valence-electron chi connectivity index (χ2n) is 3.87. The lowest BCUT2D eigenvalue weighted by atomic mass is 10.2. The predicted octanol–water partition coefficient (Wildman–Crippen LogP) is 3.97. The third-order valence-corrected chi connectivity index (χ3v) is 3.56. The molecule has 0 bridgehead atoms. The van der Waals surface area contributed by atoms with Gasteiger partial charge in [-0.3, -0.25) is 4.98 Å². The zero-order valence-electron chi connectivity index (χ0n) is 9.20. The molecule has 2 N–H and O–H groups in total. The molecule has 2 nitrogen and oxygen atoms in total. The SMILES string of the molecule is CC(C)Sc1c(N)cnc2cc(Cl)ccc12. The van der Waals surface area contributed by atoms with Crippen molar-refractivity contribution in [1.29, 1.82) is 0 Å². The van der Waals surface area contributed by atoms with E-state index in [0.717, 1.165) is 21.5 Å². The number of nitrogen functional groups attached to an aromatic ring is 1. The van der Waals surface area contributed by atoms with E-state index in [1.807, 2.05) is 18.2 Å². The quantitative estimate of drug-likeness (QED) is 0.822. The fourth-order valence-electron chi connectivity index (χ4n) is 1.52. The second kappa shape index (κ2) is 4.52. The number of thioether (sulfide) groups is 1. The number of nitrogens with zero attached hydrogens (tertiary/aromatic N) is 1. The van der Waals surface area contributed by atoms with Crippen molar-refractivity contribution in [3.8, 4) is 0 Å². The van der Waals surface area contributed by atoms with Crippen molar-refractivity contribution < 1.29 is 0 Å². The van der Waals surface area contributed by atoms with Crippen LogP contribution in [0.4, 0.5) is 5.69 Å². The zero-order valence-corrected chi connectivity index (χ0v) is 10.8. The third kappa shape index (κ3) is 2.25. The van der Waals surface area contributed by atoms with Gasteiger partial charge in [0, 0.05) is 20.6 Å². The van der Waals surface area contributed by atoms with E-state index in [2.05, 4.69) is 18.8 Å². The normalized spacial score (nSPS) is 11.2. The largest absolute Gasteiger partial charge is 0.397 e. The molecule has 0 saturated heterocycles. The van der Waals surface area contributed by atoms with Crippen molar-refractivity contribution in [3.05, 3.63) is 29.4 Å². The van der Waals surface area contributed by atoms with E-state index in [4.69, 9.17) is 17.3 Å². The summed E-state index contributed by atoms with van der Waals surface area (Å²) in [5, 5.41) is 2.26. The smallest absolute Gasteiger partial charge is 0.0729 e. The summed E-state index contributed by atoms with van der Waals surface area (Å²) in [6, 6.07) is 5.71.